The zero-order valence-corrected chi connectivity index (χ0v) is 15.1. The number of fused-ring (bicyclic) bond motifs is 1. The number of aryl methyl sites for hydroxylation is 2. The lowest BCUT2D eigenvalue weighted by Crippen LogP contribution is -2.30. The molecule has 0 atom stereocenters. The van der Waals surface area contributed by atoms with Crippen molar-refractivity contribution < 1.29 is 14.3 Å². The van der Waals surface area contributed by atoms with Gasteiger partial charge in [-0.05, 0) is 37.6 Å². The van der Waals surface area contributed by atoms with E-state index in [1.54, 1.807) is 37.3 Å². The maximum absolute atomic E-state index is 12.4. The van der Waals surface area contributed by atoms with Gasteiger partial charge in [0.25, 0.3) is 11.5 Å². The first-order valence-electron chi connectivity index (χ1n) is 8.42. The van der Waals surface area contributed by atoms with E-state index in [0.717, 1.165) is 15.6 Å². The summed E-state index contributed by atoms with van der Waals surface area (Å²) in [7, 11) is 0. The van der Waals surface area contributed by atoms with Crippen molar-refractivity contribution in [2.75, 3.05) is 11.9 Å². The lowest BCUT2D eigenvalue weighted by Gasteiger charge is -2.09. The Balaban J connectivity index is 1.63. The third-order valence-corrected chi connectivity index (χ3v) is 4.00. The molecule has 1 aromatic heterocycles. The Morgan fingerprint density at radius 2 is 1.81 bits per heavy atom. The normalized spacial score (nSPS) is 10.6. The Labute approximate surface area is 155 Å². The van der Waals surface area contributed by atoms with Gasteiger partial charge in [0, 0.05) is 11.1 Å². The highest BCUT2D eigenvalue weighted by Crippen LogP contribution is 2.12. The van der Waals surface area contributed by atoms with Crippen LogP contribution in [0.5, 0.6) is 0 Å². The molecule has 27 heavy (non-hydrogen) atoms. The van der Waals surface area contributed by atoms with Gasteiger partial charge in [-0.2, -0.15) is 5.10 Å². The first kappa shape index (κ1) is 18.3. The summed E-state index contributed by atoms with van der Waals surface area (Å²) in [6, 6.07) is 14.3. The average Bonchev–Trinajstić information content (AvgIpc) is 2.64. The van der Waals surface area contributed by atoms with Crippen LogP contribution >= 0.6 is 0 Å². The van der Waals surface area contributed by atoms with Gasteiger partial charge < -0.3 is 10.1 Å². The molecule has 1 heterocycles. The minimum Gasteiger partial charge on any atom is -0.454 e. The number of nitrogens with zero attached hydrogens (tertiary/aromatic N) is 2. The van der Waals surface area contributed by atoms with Crippen LogP contribution in [0.3, 0.4) is 0 Å². The summed E-state index contributed by atoms with van der Waals surface area (Å²) in [6.45, 7) is 2.88. The SMILES string of the molecule is Cc1cccc(NC(=O)COC(=O)Cn2nc(C)c3ccccc3c2=O)c1. The number of carbonyl (C=O) groups excluding carboxylic acids is 2. The summed E-state index contributed by atoms with van der Waals surface area (Å²) in [5, 5.41) is 8.02. The molecule has 0 fully saturated rings. The molecule has 0 saturated heterocycles. The number of rotatable bonds is 5. The highest BCUT2D eigenvalue weighted by Gasteiger charge is 2.13. The second-order valence-corrected chi connectivity index (χ2v) is 6.17. The zero-order chi connectivity index (χ0) is 19.4. The molecule has 0 unspecified atom stereocenters. The van der Waals surface area contributed by atoms with E-state index < -0.39 is 18.5 Å². The smallest absolute Gasteiger partial charge is 0.328 e. The number of aromatic nitrogens is 2. The number of esters is 1. The van der Waals surface area contributed by atoms with Gasteiger partial charge >= 0.3 is 5.97 Å². The second kappa shape index (κ2) is 7.82. The fourth-order valence-corrected chi connectivity index (χ4v) is 2.75. The molecule has 0 aliphatic rings. The fraction of sp³-hybridized carbons (Fsp3) is 0.200. The monoisotopic (exact) mass is 365 g/mol. The van der Waals surface area contributed by atoms with Gasteiger partial charge in [0.05, 0.1) is 11.1 Å². The summed E-state index contributed by atoms with van der Waals surface area (Å²) >= 11 is 0. The number of benzene rings is 2. The summed E-state index contributed by atoms with van der Waals surface area (Å²) in [5.41, 5.74) is 1.88. The van der Waals surface area contributed by atoms with Crippen LogP contribution in [0, 0.1) is 13.8 Å². The van der Waals surface area contributed by atoms with Crippen LogP contribution in [0.4, 0.5) is 5.69 Å². The van der Waals surface area contributed by atoms with Crippen LogP contribution in [0.25, 0.3) is 10.8 Å². The molecular weight excluding hydrogens is 346 g/mol. The molecular formula is C20H19N3O4. The zero-order valence-electron chi connectivity index (χ0n) is 15.1. The number of ether oxygens (including phenoxy) is 1. The van der Waals surface area contributed by atoms with Crippen LogP contribution in [0.1, 0.15) is 11.3 Å². The highest BCUT2D eigenvalue weighted by molar-refractivity contribution is 5.92. The third kappa shape index (κ3) is 4.38. The fourth-order valence-electron chi connectivity index (χ4n) is 2.75. The Morgan fingerprint density at radius 1 is 1.07 bits per heavy atom. The van der Waals surface area contributed by atoms with Crippen LogP contribution in [-0.2, 0) is 20.9 Å². The van der Waals surface area contributed by atoms with E-state index in [9.17, 15) is 14.4 Å². The molecule has 138 valence electrons. The number of nitrogens with one attached hydrogen (secondary N) is 1. The predicted molar refractivity (Wildman–Crippen MR) is 102 cm³/mol. The van der Waals surface area contributed by atoms with E-state index in [1.165, 1.54) is 0 Å². The average molecular weight is 365 g/mol. The van der Waals surface area contributed by atoms with Crippen molar-refractivity contribution in [3.63, 3.8) is 0 Å². The van der Waals surface area contributed by atoms with Crippen molar-refractivity contribution >= 4 is 28.3 Å². The molecule has 2 aromatic carbocycles. The Bertz CT molecular complexity index is 1070. The standard InChI is InChI=1S/C20H19N3O4/c1-13-6-5-7-15(10-13)21-18(24)12-27-19(25)11-23-20(26)17-9-4-3-8-16(17)14(2)22-23/h3-10H,11-12H2,1-2H3,(H,21,24). The molecule has 0 radical (unpaired) electrons. The predicted octanol–water partition coefficient (Wildman–Crippen LogP) is 2.20. The minimum absolute atomic E-state index is 0.359. The van der Waals surface area contributed by atoms with E-state index in [0.29, 0.717) is 16.8 Å². The Morgan fingerprint density at radius 3 is 2.56 bits per heavy atom. The van der Waals surface area contributed by atoms with Gasteiger partial charge in [0.2, 0.25) is 0 Å². The second-order valence-electron chi connectivity index (χ2n) is 6.17. The molecule has 0 aliphatic heterocycles. The van der Waals surface area contributed by atoms with E-state index in [-0.39, 0.29) is 12.1 Å². The van der Waals surface area contributed by atoms with Gasteiger partial charge in [-0.15, -0.1) is 0 Å². The van der Waals surface area contributed by atoms with Crippen molar-refractivity contribution in [2.45, 2.75) is 20.4 Å². The first-order valence-corrected chi connectivity index (χ1v) is 8.42. The molecule has 0 saturated carbocycles. The van der Waals surface area contributed by atoms with Crippen molar-refractivity contribution in [1.82, 2.24) is 9.78 Å². The van der Waals surface area contributed by atoms with Crippen LogP contribution in [0.15, 0.2) is 53.3 Å². The molecule has 0 aliphatic carbocycles. The Hall–Kier alpha value is -3.48. The summed E-state index contributed by atoms with van der Waals surface area (Å²) in [6.07, 6.45) is 0. The van der Waals surface area contributed by atoms with E-state index in [2.05, 4.69) is 10.4 Å². The van der Waals surface area contributed by atoms with E-state index >= 15 is 0 Å². The van der Waals surface area contributed by atoms with Gasteiger partial charge in [0.15, 0.2) is 6.61 Å². The van der Waals surface area contributed by atoms with Crippen molar-refractivity contribution in [3.05, 3.63) is 70.1 Å². The molecule has 1 N–H and O–H groups in total. The lowest BCUT2D eigenvalue weighted by molar-refractivity contribution is -0.148. The van der Waals surface area contributed by atoms with Crippen LogP contribution < -0.4 is 10.9 Å². The van der Waals surface area contributed by atoms with Gasteiger partial charge in [0.1, 0.15) is 6.54 Å². The molecule has 0 spiro atoms. The third-order valence-electron chi connectivity index (χ3n) is 4.00. The summed E-state index contributed by atoms with van der Waals surface area (Å²) in [5.74, 6) is -1.16. The molecule has 7 nitrogen and oxygen atoms in total. The Kier molecular flexibility index (Phi) is 5.30. The summed E-state index contributed by atoms with van der Waals surface area (Å²) in [4.78, 5) is 36.4. The van der Waals surface area contributed by atoms with Crippen molar-refractivity contribution in [2.24, 2.45) is 0 Å². The van der Waals surface area contributed by atoms with Gasteiger partial charge in [-0.1, -0.05) is 30.3 Å². The molecule has 0 bridgehead atoms. The van der Waals surface area contributed by atoms with E-state index in [1.807, 2.05) is 25.1 Å². The van der Waals surface area contributed by atoms with E-state index in [4.69, 9.17) is 4.74 Å². The maximum atomic E-state index is 12.4. The van der Waals surface area contributed by atoms with Crippen molar-refractivity contribution in [3.8, 4) is 0 Å². The quantitative estimate of drug-likeness (QED) is 0.700. The van der Waals surface area contributed by atoms with Gasteiger partial charge in [-0.25, -0.2) is 4.68 Å². The van der Waals surface area contributed by atoms with Crippen LogP contribution in [-0.4, -0.2) is 28.3 Å². The lowest BCUT2D eigenvalue weighted by atomic mass is 10.1. The largest absolute Gasteiger partial charge is 0.454 e. The number of amides is 1. The minimum atomic E-state index is -0.710. The summed E-state index contributed by atoms with van der Waals surface area (Å²) < 4.78 is 6.02. The van der Waals surface area contributed by atoms with Crippen LogP contribution in [0.2, 0.25) is 0 Å². The molecule has 7 heteroatoms. The first-order chi connectivity index (χ1) is 12.9. The molecule has 3 rings (SSSR count). The number of anilines is 1. The number of hydrogen-bond acceptors (Lipinski definition) is 5. The topological polar surface area (TPSA) is 90.3 Å². The number of hydrogen-bond donors (Lipinski definition) is 1. The maximum Gasteiger partial charge on any atom is 0.328 e. The highest BCUT2D eigenvalue weighted by atomic mass is 16.5. The number of carbonyl (C=O) groups is 2. The molecule has 3 aromatic rings. The molecule has 1 amide bonds. The van der Waals surface area contributed by atoms with Gasteiger partial charge in [-0.3, -0.25) is 14.4 Å². The van der Waals surface area contributed by atoms with Crippen molar-refractivity contribution in [1.29, 1.82) is 0 Å².